The van der Waals surface area contributed by atoms with Gasteiger partial charge >= 0.3 is 59.1 Å². The van der Waals surface area contributed by atoms with Crippen LogP contribution >= 0.6 is 0 Å². The Kier molecular flexibility index (Phi) is 11.9. The Labute approximate surface area is 450 Å². The third kappa shape index (κ3) is 7.89. The zero-order chi connectivity index (χ0) is 46.4. The molecule has 0 saturated heterocycles. The summed E-state index contributed by atoms with van der Waals surface area (Å²) in [5, 5.41) is 19.0. The molecule has 13 aromatic rings. The Balaban J connectivity index is 0.00000273. The molecule has 0 radical (unpaired) electrons. The van der Waals surface area contributed by atoms with E-state index in [0.717, 1.165) is 82.5 Å². The van der Waals surface area contributed by atoms with Crippen LogP contribution in [0.15, 0.2) is 206 Å². The molecule has 0 aliphatic carbocycles. The van der Waals surface area contributed by atoms with Gasteiger partial charge in [0.25, 0.3) is 10.4 Å². The number of aromatic nitrogens is 6. The van der Waals surface area contributed by atoms with Gasteiger partial charge in [-0.1, -0.05) is 133 Å². The number of hydrogen-bond donors (Lipinski definition) is 0. The maximum Gasteiger partial charge on any atom is 1.00 e. The van der Waals surface area contributed by atoms with E-state index in [9.17, 15) is 18.1 Å². The first-order valence-electron chi connectivity index (χ1n) is 22.2. The SMILES string of the molecule is O=S(=O)([O-])Oc1ccc(-c2nc(-c3ccc([O-])cc3)nc(-c3cc(-n4c5ccccc5c5ccccc54)c(-n4c5ccccc5c5ccccc54)c(-n4c5ccccc5c5ccccc54)c3)n2)cc1.[Na+].[Na+]. The monoisotopic (exact) mass is 960 g/mol. The normalized spacial score (nSPS) is 11.7. The molecule has 330 valence electrons. The summed E-state index contributed by atoms with van der Waals surface area (Å²) in [6, 6.07) is 67.3. The fourth-order valence-electron chi connectivity index (χ4n) is 9.98. The second kappa shape index (κ2) is 18.3. The van der Waals surface area contributed by atoms with Crippen LogP contribution in [-0.2, 0) is 10.4 Å². The number of nitrogens with zero attached hydrogens (tertiary/aromatic N) is 6. The number of para-hydroxylation sites is 6. The van der Waals surface area contributed by atoms with Crippen LogP contribution in [0.5, 0.6) is 11.5 Å². The third-order valence-corrected chi connectivity index (χ3v) is 13.2. The van der Waals surface area contributed by atoms with E-state index in [1.165, 1.54) is 24.3 Å². The van der Waals surface area contributed by atoms with Gasteiger partial charge < -0.3 is 27.5 Å². The number of rotatable bonds is 8. The van der Waals surface area contributed by atoms with E-state index in [0.29, 0.717) is 28.3 Å². The molecule has 0 atom stereocenters. The van der Waals surface area contributed by atoms with E-state index in [1.807, 2.05) is 0 Å². The average Bonchev–Trinajstić information content (AvgIpc) is 4.02. The summed E-state index contributed by atoms with van der Waals surface area (Å²) in [6.45, 7) is 0. The summed E-state index contributed by atoms with van der Waals surface area (Å²) in [4.78, 5) is 15.3. The molecule has 0 aliphatic rings. The van der Waals surface area contributed by atoms with Crippen LogP contribution in [0, 0.1) is 0 Å². The molecule has 0 bridgehead atoms. The first-order chi connectivity index (χ1) is 33.8. The molecule has 71 heavy (non-hydrogen) atoms. The summed E-state index contributed by atoms with van der Waals surface area (Å²) < 4.78 is 46.1. The van der Waals surface area contributed by atoms with Crippen LogP contribution < -0.4 is 68.4 Å². The molecule has 0 spiro atoms. The summed E-state index contributed by atoms with van der Waals surface area (Å²) in [7, 11) is -5.01. The summed E-state index contributed by atoms with van der Waals surface area (Å²) in [5.74, 6) is 0.592. The Morgan fingerprint density at radius 2 is 0.676 bits per heavy atom. The molecule has 11 nitrogen and oxygen atoms in total. The third-order valence-electron chi connectivity index (χ3n) is 12.8. The predicted molar refractivity (Wildman–Crippen MR) is 269 cm³/mol. The standard InChI is InChI=1S/C57H36N6O5S.2Na/c64-38-29-25-35(26-30-38)55-58-56(36-27-31-39(32-28-36)68-69(65,66)67)60-57(59-55)37-33-52(61-46-19-7-1-13-40(46)41-14-2-8-20-47(41)61)54(63-50-23-11-5-17-44(50)45-18-6-12-24-51(45)63)53(34-37)62-48-21-9-3-15-42(48)43-16-4-10-22-49(43)62;;/h1-34,64H,(H,65,66,67);;/q;2*+1/p-2. The Hall–Kier alpha value is -7.10. The van der Waals surface area contributed by atoms with Gasteiger partial charge in [0.15, 0.2) is 17.5 Å². The quantitative estimate of drug-likeness (QED) is 0.101. The van der Waals surface area contributed by atoms with Crippen LogP contribution in [-0.4, -0.2) is 41.6 Å². The number of hydrogen-bond acceptors (Lipinski definition) is 8. The molecule has 9 aromatic carbocycles. The van der Waals surface area contributed by atoms with E-state index in [2.05, 4.69) is 176 Å². The second-order valence-electron chi connectivity index (χ2n) is 16.8. The Bertz CT molecular complexity index is 4050. The molecule has 4 heterocycles. The molecule has 14 heteroatoms. The van der Waals surface area contributed by atoms with Crippen molar-refractivity contribution < 1.29 is 81.4 Å². The van der Waals surface area contributed by atoms with Crippen molar-refractivity contribution >= 4 is 75.8 Å². The molecule has 0 saturated carbocycles. The molecular weight excluding hydrogens is 927 g/mol. The molecule has 0 aliphatic heterocycles. The first kappa shape index (κ1) is 46.3. The summed E-state index contributed by atoms with van der Waals surface area (Å²) in [6.07, 6.45) is 0. The molecule has 4 aromatic heterocycles. The molecule has 13 rings (SSSR count). The maximum atomic E-state index is 12.4. The second-order valence-corrected chi connectivity index (χ2v) is 17.8. The van der Waals surface area contributed by atoms with E-state index in [4.69, 9.17) is 15.0 Å². The van der Waals surface area contributed by atoms with E-state index >= 15 is 0 Å². The van der Waals surface area contributed by atoms with Gasteiger partial charge in [-0.2, -0.15) is 0 Å². The molecule has 0 fully saturated rings. The van der Waals surface area contributed by atoms with Crippen molar-refractivity contribution in [2.24, 2.45) is 0 Å². The summed E-state index contributed by atoms with van der Waals surface area (Å²) >= 11 is 0. The van der Waals surface area contributed by atoms with Gasteiger partial charge in [-0.15, -0.1) is 5.75 Å². The average molecular weight is 961 g/mol. The van der Waals surface area contributed by atoms with Crippen LogP contribution in [0.1, 0.15) is 0 Å². The molecule has 0 amide bonds. The van der Waals surface area contributed by atoms with Gasteiger partial charge in [0.05, 0.1) is 50.2 Å². The number of benzene rings is 9. The van der Waals surface area contributed by atoms with Gasteiger partial charge in [0.1, 0.15) is 5.75 Å². The molecule has 0 N–H and O–H groups in total. The fourth-order valence-corrected chi connectivity index (χ4v) is 10.3. The largest absolute Gasteiger partial charge is 1.00 e. The van der Waals surface area contributed by atoms with Gasteiger partial charge in [0, 0.05) is 49.0 Å². The summed E-state index contributed by atoms with van der Waals surface area (Å²) in [5.41, 5.74) is 10.4. The van der Waals surface area contributed by atoms with E-state index < -0.39 is 10.4 Å². The van der Waals surface area contributed by atoms with Gasteiger partial charge in [-0.05, 0) is 72.8 Å². The minimum Gasteiger partial charge on any atom is -0.872 e. The Morgan fingerprint density at radius 3 is 1.01 bits per heavy atom. The van der Waals surface area contributed by atoms with Gasteiger partial charge in [0.2, 0.25) is 0 Å². The molecular formula is C57H34N6Na2O5S. The minimum atomic E-state index is -5.01. The van der Waals surface area contributed by atoms with Gasteiger partial charge in [-0.3, -0.25) is 0 Å². The molecule has 0 unspecified atom stereocenters. The predicted octanol–water partition coefficient (Wildman–Crippen LogP) is 6.08. The van der Waals surface area contributed by atoms with Crippen molar-refractivity contribution in [3.63, 3.8) is 0 Å². The smallest absolute Gasteiger partial charge is 0.872 e. The number of fused-ring (bicyclic) bond motifs is 9. The van der Waals surface area contributed by atoms with Crippen molar-refractivity contribution in [1.82, 2.24) is 28.7 Å². The Morgan fingerprint density at radius 1 is 0.380 bits per heavy atom. The van der Waals surface area contributed by atoms with Crippen LogP contribution in [0.25, 0.3) is 117 Å². The van der Waals surface area contributed by atoms with Crippen molar-refractivity contribution in [1.29, 1.82) is 0 Å². The maximum absolute atomic E-state index is 12.4. The van der Waals surface area contributed by atoms with Crippen LogP contribution in [0.3, 0.4) is 0 Å². The van der Waals surface area contributed by atoms with E-state index in [-0.39, 0.29) is 76.4 Å². The minimum absolute atomic E-state index is 0. The van der Waals surface area contributed by atoms with Crippen LogP contribution in [0.4, 0.5) is 0 Å². The van der Waals surface area contributed by atoms with Crippen molar-refractivity contribution in [3.8, 4) is 62.7 Å². The van der Waals surface area contributed by atoms with Gasteiger partial charge in [-0.25, -0.2) is 23.4 Å². The van der Waals surface area contributed by atoms with E-state index in [1.54, 1.807) is 24.3 Å². The first-order valence-corrected chi connectivity index (χ1v) is 23.5. The topological polar surface area (TPSA) is 143 Å². The zero-order valence-electron chi connectivity index (χ0n) is 38.3. The van der Waals surface area contributed by atoms with Crippen LogP contribution in [0.2, 0.25) is 0 Å². The van der Waals surface area contributed by atoms with Crippen molar-refractivity contribution in [2.75, 3.05) is 0 Å². The van der Waals surface area contributed by atoms with Crippen molar-refractivity contribution in [3.05, 3.63) is 206 Å². The zero-order valence-corrected chi connectivity index (χ0v) is 43.1. The fraction of sp³-hybridized carbons (Fsp3) is 0. The van der Waals surface area contributed by atoms with Crippen molar-refractivity contribution in [2.45, 2.75) is 0 Å².